The highest BCUT2D eigenvalue weighted by Gasteiger charge is 2.28. The van der Waals surface area contributed by atoms with Crippen molar-refractivity contribution in [3.05, 3.63) is 35.6 Å². The molecule has 24 heavy (non-hydrogen) atoms. The fourth-order valence-electron chi connectivity index (χ4n) is 3.92. The van der Waals surface area contributed by atoms with Crippen molar-refractivity contribution in [1.82, 2.24) is 9.80 Å². The van der Waals surface area contributed by atoms with Gasteiger partial charge in [0.25, 0.3) is 5.91 Å². The van der Waals surface area contributed by atoms with Crippen molar-refractivity contribution >= 4 is 5.91 Å². The second-order valence-electron chi connectivity index (χ2n) is 7.19. The minimum absolute atomic E-state index is 0.180. The van der Waals surface area contributed by atoms with Crippen LogP contribution >= 0.6 is 0 Å². The first-order valence-electron chi connectivity index (χ1n) is 8.94. The van der Waals surface area contributed by atoms with Crippen LogP contribution in [0.4, 0.5) is 4.39 Å². The molecule has 2 aliphatic rings. The van der Waals surface area contributed by atoms with Crippen molar-refractivity contribution in [3.63, 3.8) is 0 Å². The number of benzene rings is 1. The Morgan fingerprint density at radius 1 is 1.17 bits per heavy atom. The first-order valence-corrected chi connectivity index (χ1v) is 8.94. The van der Waals surface area contributed by atoms with Crippen molar-refractivity contribution in [2.24, 2.45) is 5.92 Å². The molecule has 1 aromatic rings. The summed E-state index contributed by atoms with van der Waals surface area (Å²) in [5, 5.41) is 0. The predicted octanol–water partition coefficient (Wildman–Crippen LogP) is 2.79. The fraction of sp³-hybridized carbons (Fsp3) is 0.632. The fourth-order valence-corrected chi connectivity index (χ4v) is 3.92. The zero-order chi connectivity index (χ0) is 17.1. The van der Waals surface area contributed by atoms with Gasteiger partial charge in [-0.25, -0.2) is 4.39 Å². The second kappa shape index (κ2) is 7.62. The van der Waals surface area contributed by atoms with Crippen LogP contribution < -0.4 is 0 Å². The molecular weight excluding hydrogens is 307 g/mol. The maximum absolute atomic E-state index is 13.8. The lowest BCUT2D eigenvalue weighted by atomic mass is 9.95. The molecule has 2 saturated heterocycles. The molecule has 0 unspecified atom stereocenters. The molecule has 0 radical (unpaired) electrons. The van der Waals surface area contributed by atoms with Crippen molar-refractivity contribution in [1.29, 1.82) is 0 Å². The Morgan fingerprint density at radius 3 is 2.42 bits per heavy atom. The van der Waals surface area contributed by atoms with Crippen molar-refractivity contribution in [2.45, 2.75) is 38.9 Å². The Bertz CT molecular complexity index is 562. The van der Waals surface area contributed by atoms with Crippen LogP contribution in [0.3, 0.4) is 0 Å². The highest BCUT2D eigenvalue weighted by atomic mass is 19.1. The monoisotopic (exact) mass is 334 g/mol. The standard InChI is InChI=1S/C19H27FN2O2/c1-14-11-21(12-15(2)24-14)13-16-7-9-22(10-8-16)19(23)17-5-3-4-6-18(17)20/h3-6,14-16H,7-13H2,1-2H3/t14-,15-/m1/s1. The molecule has 0 aliphatic carbocycles. The lowest BCUT2D eigenvalue weighted by Crippen LogP contribution is -2.48. The topological polar surface area (TPSA) is 32.8 Å². The number of morpholine rings is 1. The Morgan fingerprint density at radius 2 is 1.79 bits per heavy atom. The molecule has 2 atom stereocenters. The Balaban J connectivity index is 1.51. The van der Waals surface area contributed by atoms with Crippen LogP contribution in [0.5, 0.6) is 0 Å². The number of hydrogen-bond acceptors (Lipinski definition) is 3. The summed E-state index contributed by atoms with van der Waals surface area (Å²) in [6.07, 6.45) is 2.55. The van der Waals surface area contributed by atoms with Gasteiger partial charge in [-0.3, -0.25) is 9.69 Å². The molecule has 4 nitrogen and oxygen atoms in total. The number of rotatable bonds is 3. The summed E-state index contributed by atoms with van der Waals surface area (Å²) in [7, 11) is 0. The van der Waals surface area contributed by atoms with E-state index in [1.165, 1.54) is 6.07 Å². The first kappa shape index (κ1) is 17.4. The van der Waals surface area contributed by atoms with Crippen LogP contribution in [0.15, 0.2) is 24.3 Å². The molecular formula is C19H27FN2O2. The Labute approximate surface area is 143 Å². The number of carbonyl (C=O) groups is 1. The number of ether oxygens (including phenoxy) is 1. The molecule has 0 spiro atoms. The molecule has 0 bridgehead atoms. The number of likely N-dealkylation sites (tertiary alicyclic amines) is 1. The molecule has 2 aliphatic heterocycles. The van der Waals surface area contributed by atoms with Crippen LogP contribution in [0.25, 0.3) is 0 Å². The van der Waals surface area contributed by atoms with E-state index in [9.17, 15) is 9.18 Å². The highest BCUT2D eigenvalue weighted by molar-refractivity contribution is 5.94. The number of carbonyl (C=O) groups excluding carboxylic acids is 1. The third kappa shape index (κ3) is 4.14. The highest BCUT2D eigenvalue weighted by Crippen LogP contribution is 2.22. The average Bonchev–Trinajstić information content (AvgIpc) is 2.54. The van der Waals surface area contributed by atoms with Gasteiger partial charge < -0.3 is 9.64 Å². The number of piperidine rings is 1. The summed E-state index contributed by atoms with van der Waals surface area (Å²) in [5.74, 6) is -0.00625. The number of hydrogen-bond donors (Lipinski definition) is 0. The lowest BCUT2D eigenvalue weighted by molar-refractivity contribution is -0.0728. The third-order valence-corrected chi connectivity index (χ3v) is 5.02. The summed E-state index contributed by atoms with van der Waals surface area (Å²) >= 11 is 0. The van der Waals surface area contributed by atoms with E-state index in [0.717, 1.165) is 32.5 Å². The smallest absolute Gasteiger partial charge is 0.256 e. The van der Waals surface area contributed by atoms with Crippen LogP contribution in [0.1, 0.15) is 37.0 Å². The van der Waals surface area contributed by atoms with Gasteiger partial charge in [-0.05, 0) is 44.7 Å². The molecule has 2 heterocycles. The van der Waals surface area contributed by atoms with Gasteiger partial charge in [0.1, 0.15) is 5.82 Å². The maximum atomic E-state index is 13.8. The minimum Gasteiger partial charge on any atom is -0.373 e. The predicted molar refractivity (Wildman–Crippen MR) is 91.5 cm³/mol. The number of halogens is 1. The average molecular weight is 334 g/mol. The number of nitrogens with zero attached hydrogens (tertiary/aromatic N) is 2. The maximum Gasteiger partial charge on any atom is 0.256 e. The first-order chi connectivity index (χ1) is 11.5. The minimum atomic E-state index is -0.430. The molecule has 5 heteroatoms. The van der Waals surface area contributed by atoms with E-state index in [1.54, 1.807) is 23.1 Å². The van der Waals surface area contributed by atoms with E-state index < -0.39 is 5.82 Å². The molecule has 1 amide bonds. The van der Waals surface area contributed by atoms with Crippen LogP contribution in [0, 0.1) is 11.7 Å². The molecule has 1 aromatic carbocycles. The largest absolute Gasteiger partial charge is 0.373 e. The lowest BCUT2D eigenvalue weighted by Gasteiger charge is -2.39. The SMILES string of the molecule is C[C@@H]1CN(CC2CCN(C(=O)c3ccccc3F)CC2)C[C@@H](C)O1. The van der Waals surface area contributed by atoms with Gasteiger partial charge in [0.2, 0.25) is 0 Å². The number of amides is 1. The molecule has 2 fully saturated rings. The Hall–Kier alpha value is -1.46. The van der Waals surface area contributed by atoms with Gasteiger partial charge in [-0.2, -0.15) is 0 Å². The molecule has 0 N–H and O–H groups in total. The van der Waals surface area contributed by atoms with Crippen LogP contribution in [-0.4, -0.2) is 60.6 Å². The van der Waals surface area contributed by atoms with Crippen LogP contribution in [-0.2, 0) is 4.74 Å². The van der Waals surface area contributed by atoms with Gasteiger partial charge >= 0.3 is 0 Å². The quantitative estimate of drug-likeness (QED) is 0.852. The van der Waals surface area contributed by atoms with Gasteiger partial charge in [-0.1, -0.05) is 12.1 Å². The summed E-state index contributed by atoms with van der Waals surface area (Å²) in [6.45, 7) is 8.72. The van der Waals surface area contributed by atoms with E-state index in [0.29, 0.717) is 19.0 Å². The van der Waals surface area contributed by atoms with Crippen LogP contribution in [0.2, 0.25) is 0 Å². The van der Waals surface area contributed by atoms with E-state index in [4.69, 9.17) is 4.74 Å². The van der Waals surface area contributed by atoms with Crippen molar-refractivity contribution in [2.75, 3.05) is 32.7 Å². The second-order valence-corrected chi connectivity index (χ2v) is 7.19. The van der Waals surface area contributed by atoms with Gasteiger partial charge in [-0.15, -0.1) is 0 Å². The van der Waals surface area contributed by atoms with E-state index in [1.807, 2.05) is 0 Å². The van der Waals surface area contributed by atoms with Crippen molar-refractivity contribution < 1.29 is 13.9 Å². The van der Waals surface area contributed by atoms with Crippen molar-refractivity contribution in [3.8, 4) is 0 Å². The third-order valence-electron chi connectivity index (χ3n) is 5.02. The summed E-state index contributed by atoms with van der Waals surface area (Å²) < 4.78 is 19.6. The van der Waals surface area contributed by atoms with E-state index in [2.05, 4.69) is 18.7 Å². The summed E-state index contributed by atoms with van der Waals surface area (Å²) in [6, 6.07) is 6.24. The molecule has 0 aromatic heterocycles. The van der Waals surface area contributed by atoms with E-state index in [-0.39, 0.29) is 23.7 Å². The van der Waals surface area contributed by atoms with E-state index >= 15 is 0 Å². The zero-order valence-corrected chi connectivity index (χ0v) is 14.6. The summed E-state index contributed by atoms with van der Waals surface area (Å²) in [4.78, 5) is 16.7. The molecule has 0 saturated carbocycles. The van der Waals surface area contributed by atoms with Gasteiger partial charge in [0.15, 0.2) is 0 Å². The molecule has 132 valence electrons. The summed E-state index contributed by atoms with van der Waals surface area (Å²) in [5.41, 5.74) is 0.187. The molecule has 3 rings (SSSR count). The normalized spacial score (nSPS) is 26.5. The Kier molecular flexibility index (Phi) is 5.51. The van der Waals surface area contributed by atoms with Gasteiger partial charge in [0.05, 0.1) is 17.8 Å². The zero-order valence-electron chi connectivity index (χ0n) is 14.6. The van der Waals surface area contributed by atoms with Gasteiger partial charge in [0, 0.05) is 32.7 Å².